The van der Waals surface area contributed by atoms with Gasteiger partial charge < -0.3 is 10.1 Å². The van der Waals surface area contributed by atoms with Crippen molar-refractivity contribution in [2.24, 2.45) is 0 Å². The molecule has 122 valence electrons. The van der Waals surface area contributed by atoms with Crippen molar-refractivity contribution in [2.45, 2.75) is 26.0 Å². The minimum absolute atomic E-state index is 0.0498. The highest BCUT2D eigenvalue weighted by Crippen LogP contribution is 2.29. The van der Waals surface area contributed by atoms with Gasteiger partial charge in [-0.25, -0.2) is 0 Å². The monoisotopic (exact) mass is 339 g/mol. The van der Waals surface area contributed by atoms with Crippen LogP contribution < -0.4 is 10.1 Å². The highest BCUT2D eigenvalue weighted by molar-refractivity contribution is 6.33. The van der Waals surface area contributed by atoms with E-state index in [1.807, 2.05) is 6.92 Å². The molecule has 0 aliphatic rings. The van der Waals surface area contributed by atoms with E-state index >= 15 is 0 Å². The first-order valence-electron chi connectivity index (χ1n) is 7.12. The molecule has 0 aliphatic carbocycles. The molecular formula is C17H16ClF2NO2. The fraction of sp³-hybridized carbons (Fsp3) is 0.235. The number of halogens is 3. The number of amides is 1. The molecule has 0 aromatic heterocycles. The first-order chi connectivity index (χ1) is 11.0. The van der Waals surface area contributed by atoms with Crippen LogP contribution in [0.2, 0.25) is 5.02 Å². The molecule has 0 fully saturated rings. The summed E-state index contributed by atoms with van der Waals surface area (Å²) in [4.78, 5) is 12.4. The van der Waals surface area contributed by atoms with Crippen molar-refractivity contribution in [1.82, 2.24) is 5.32 Å². The Labute approximate surface area is 138 Å². The molecule has 1 atom stereocenters. The van der Waals surface area contributed by atoms with Crippen LogP contribution in [0.3, 0.4) is 0 Å². The van der Waals surface area contributed by atoms with Crippen molar-refractivity contribution in [3.63, 3.8) is 0 Å². The van der Waals surface area contributed by atoms with Crippen molar-refractivity contribution in [3.05, 3.63) is 64.7 Å². The van der Waals surface area contributed by atoms with Gasteiger partial charge in [0.15, 0.2) is 0 Å². The first kappa shape index (κ1) is 17.2. The maximum Gasteiger partial charge on any atom is 0.387 e. The lowest BCUT2D eigenvalue weighted by Crippen LogP contribution is -2.28. The molecule has 0 radical (unpaired) electrons. The van der Waals surface area contributed by atoms with E-state index in [9.17, 15) is 13.6 Å². The highest BCUT2D eigenvalue weighted by Gasteiger charge is 2.20. The molecule has 0 aliphatic heterocycles. The van der Waals surface area contributed by atoms with Gasteiger partial charge in [0.2, 0.25) is 0 Å². The summed E-state index contributed by atoms with van der Waals surface area (Å²) in [6, 6.07) is 12.6. The van der Waals surface area contributed by atoms with Crippen LogP contribution in [0.5, 0.6) is 5.75 Å². The summed E-state index contributed by atoms with van der Waals surface area (Å²) in [6.45, 7) is -1.08. The zero-order valence-corrected chi connectivity index (χ0v) is 13.2. The van der Waals surface area contributed by atoms with Crippen LogP contribution in [0.4, 0.5) is 8.78 Å². The number of carbonyl (C=O) groups excluding carboxylic acids is 1. The van der Waals surface area contributed by atoms with Crippen LogP contribution >= 0.6 is 11.6 Å². The predicted molar refractivity (Wildman–Crippen MR) is 85.0 cm³/mol. The van der Waals surface area contributed by atoms with Crippen molar-refractivity contribution in [3.8, 4) is 5.75 Å². The zero-order valence-electron chi connectivity index (χ0n) is 12.4. The summed E-state index contributed by atoms with van der Waals surface area (Å²) >= 11 is 6.01. The van der Waals surface area contributed by atoms with Gasteiger partial charge in [0.05, 0.1) is 16.6 Å². The van der Waals surface area contributed by atoms with Gasteiger partial charge in [-0.15, -0.1) is 0 Å². The van der Waals surface area contributed by atoms with E-state index in [1.54, 1.807) is 42.5 Å². The molecule has 1 N–H and O–H groups in total. The number of hydrogen-bond acceptors (Lipinski definition) is 2. The number of para-hydroxylation sites is 1. The van der Waals surface area contributed by atoms with E-state index in [1.165, 1.54) is 6.07 Å². The zero-order chi connectivity index (χ0) is 16.8. The highest BCUT2D eigenvalue weighted by atomic mass is 35.5. The van der Waals surface area contributed by atoms with E-state index < -0.39 is 12.7 Å². The van der Waals surface area contributed by atoms with Crippen molar-refractivity contribution >= 4 is 17.5 Å². The maximum absolute atomic E-state index is 12.5. The number of alkyl halides is 2. The summed E-state index contributed by atoms with van der Waals surface area (Å²) in [5.41, 5.74) is 0.829. The number of ether oxygens (including phenoxy) is 1. The summed E-state index contributed by atoms with van der Waals surface area (Å²) in [6.07, 6.45) is 0.514. The fourth-order valence-corrected chi connectivity index (χ4v) is 2.47. The average molecular weight is 340 g/mol. The number of nitrogens with one attached hydrogen (secondary N) is 1. The van der Waals surface area contributed by atoms with Crippen LogP contribution in [0.25, 0.3) is 0 Å². The fourth-order valence-electron chi connectivity index (χ4n) is 2.25. The molecule has 2 aromatic carbocycles. The summed E-state index contributed by atoms with van der Waals surface area (Å²) < 4.78 is 29.6. The number of rotatable bonds is 6. The molecule has 0 heterocycles. The van der Waals surface area contributed by atoms with Crippen LogP contribution in [0.1, 0.15) is 35.3 Å². The van der Waals surface area contributed by atoms with E-state index in [0.717, 1.165) is 0 Å². The Morgan fingerprint density at radius 1 is 1.17 bits per heavy atom. The minimum Gasteiger partial charge on any atom is -0.434 e. The van der Waals surface area contributed by atoms with E-state index in [0.29, 0.717) is 22.6 Å². The SMILES string of the molecule is CC[C@H](NC(=O)c1ccccc1Cl)c1ccccc1OC(F)F. The Balaban J connectivity index is 2.24. The molecule has 0 bridgehead atoms. The molecule has 23 heavy (non-hydrogen) atoms. The van der Waals surface area contributed by atoms with Gasteiger partial charge in [-0.2, -0.15) is 8.78 Å². The van der Waals surface area contributed by atoms with Gasteiger partial charge >= 0.3 is 6.61 Å². The molecule has 0 saturated carbocycles. The third kappa shape index (κ3) is 4.42. The molecule has 3 nitrogen and oxygen atoms in total. The number of carbonyl (C=O) groups is 1. The molecule has 1 amide bonds. The third-order valence-corrected chi connectivity index (χ3v) is 3.67. The van der Waals surface area contributed by atoms with E-state index in [-0.39, 0.29) is 11.7 Å². The normalized spacial score (nSPS) is 12.0. The lowest BCUT2D eigenvalue weighted by atomic mass is 10.0. The van der Waals surface area contributed by atoms with E-state index in [2.05, 4.69) is 10.1 Å². The van der Waals surface area contributed by atoms with Crippen LogP contribution in [0, 0.1) is 0 Å². The Morgan fingerprint density at radius 3 is 2.48 bits per heavy atom. The second kappa shape index (κ2) is 7.92. The van der Waals surface area contributed by atoms with Crippen molar-refractivity contribution in [2.75, 3.05) is 0 Å². The van der Waals surface area contributed by atoms with Crippen molar-refractivity contribution < 1.29 is 18.3 Å². The Hall–Kier alpha value is -2.14. The Bertz CT molecular complexity index is 679. The van der Waals surface area contributed by atoms with Gasteiger partial charge in [-0.3, -0.25) is 4.79 Å². The van der Waals surface area contributed by atoms with Crippen LogP contribution in [-0.2, 0) is 0 Å². The second-order valence-electron chi connectivity index (χ2n) is 4.83. The minimum atomic E-state index is -2.92. The van der Waals surface area contributed by atoms with Crippen LogP contribution in [-0.4, -0.2) is 12.5 Å². The molecular weight excluding hydrogens is 324 g/mol. The van der Waals surface area contributed by atoms with E-state index in [4.69, 9.17) is 11.6 Å². The van der Waals surface area contributed by atoms with Gasteiger partial charge in [0, 0.05) is 5.56 Å². The number of benzene rings is 2. The van der Waals surface area contributed by atoms with Gasteiger partial charge in [0.1, 0.15) is 5.75 Å². The summed E-state index contributed by atoms with van der Waals surface area (Å²) in [7, 11) is 0. The molecule has 0 spiro atoms. The third-order valence-electron chi connectivity index (χ3n) is 3.34. The summed E-state index contributed by atoms with van der Waals surface area (Å²) in [5.74, 6) is -0.317. The predicted octanol–water partition coefficient (Wildman–Crippen LogP) is 4.82. The smallest absolute Gasteiger partial charge is 0.387 e. The molecule has 2 rings (SSSR count). The quantitative estimate of drug-likeness (QED) is 0.819. The molecule has 2 aromatic rings. The first-order valence-corrected chi connectivity index (χ1v) is 7.49. The van der Waals surface area contributed by atoms with Crippen LogP contribution in [0.15, 0.2) is 48.5 Å². The molecule has 0 saturated heterocycles. The summed E-state index contributed by atoms with van der Waals surface area (Å²) in [5, 5.41) is 3.14. The topological polar surface area (TPSA) is 38.3 Å². The Morgan fingerprint density at radius 2 is 1.83 bits per heavy atom. The standard InChI is InChI=1S/C17H16ClF2NO2/c1-2-14(12-8-4-6-10-15(12)23-17(19)20)21-16(22)11-7-3-5-9-13(11)18/h3-10,14,17H,2H2,1H3,(H,21,22)/t14-/m0/s1. The molecule has 6 heteroatoms. The van der Waals surface area contributed by atoms with Gasteiger partial charge in [-0.1, -0.05) is 48.9 Å². The van der Waals surface area contributed by atoms with Gasteiger partial charge in [-0.05, 0) is 24.6 Å². The average Bonchev–Trinajstić information content (AvgIpc) is 2.53. The maximum atomic E-state index is 12.5. The second-order valence-corrected chi connectivity index (χ2v) is 5.24. The molecule has 0 unspecified atom stereocenters. The number of hydrogen-bond donors (Lipinski definition) is 1. The van der Waals surface area contributed by atoms with Gasteiger partial charge in [0.25, 0.3) is 5.91 Å². The van der Waals surface area contributed by atoms with Crippen molar-refractivity contribution in [1.29, 1.82) is 0 Å². The largest absolute Gasteiger partial charge is 0.434 e. The lowest BCUT2D eigenvalue weighted by molar-refractivity contribution is -0.0506. The Kier molecular flexibility index (Phi) is 5.93. The lowest BCUT2D eigenvalue weighted by Gasteiger charge is -2.20.